The van der Waals surface area contributed by atoms with Crippen molar-refractivity contribution in [3.05, 3.63) is 35.9 Å². The summed E-state index contributed by atoms with van der Waals surface area (Å²) in [5, 5.41) is 18.9. The van der Waals surface area contributed by atoms with Crippen LogP contribution in [0.25, 0.3) is 0 Å². The Bertz CT molecular complexity index is 1760. The summed E-state index contributed by atoms with van der Waals surface area (Å²) in [6.07, 6.45) is 9.26. The largest absolute Gasteiger partial charge is 0.370 e. The van der Waals surface area contributed by atoms with Gasteiger partial charge in [0.05, 0.1) is 6.42 Å². The zero-order valence-electron chi connectivity index (χ0n) is 40.2. The Morgan fingerprint density at radius 3 is 1.66 bits per heavy atom. The summed E-state index contributed by atoms with van der Waals surface area (Å²) in [6, 6.07) is 1.05. The van der Waals surface area contributed by atoms with E-state index in [9.17, 15) is 38.4 Å². The molecule has 67 heavy (non-hydrogen) atoms. The van der Waals surface area contributed by atoms with Crippen LogP contribution in [0.4, 0.5) is 0 Å². The molecular weight excluding hydrogens is 861 g/mol. The molecule has 0 radical (unpaired) electrons. The lowest BCUT2D eigenvalue weighted by Gasteiger charge is -2.28. The molecule has 0 aliphatic carbocycles. The Labute approximate surface area is 396 Å². The Morgan fingerprint density at radius 2 is 1.10 bits per heavy atom. The minimum absolute atomic E-state index is 0.0284. The van der Waals surface area contributed by atoms with E-state index < -0.39 is 96.5 Å². The first-order valence-corrected chi connectivity index (χ1v) is 24.1. The van der Waals surface area contributed by atoms with Crippen LogP contribution in [-0.2, 0) is 44.8 Å². The van der Waals surface area contributed by atoms with Crippen molar-refractivity contribution in [1.29, 1.82) is 0 Å². The molecule has 376 valence electrons. The van der Waals surface area contributed by atoms with Crippen LogP contribution in [0.1, 0.15) is 136 Å². The second-order valence-corrected chi connectivity index (χ2v) is 18.3. The second kappa shape index (κ2) is 32.0. The van der Waals surface area contributed by atoms with E-state index >= 15 is 0 Å². The van der Waals surface area contributed by atoms with Crippen LogP contribution in [-0.4, -0.2) is 109 Å². The van der Waals surface area contributed by atoms with Crippen molar-refractivity contribution in [2.45, 2.75) is 173 Å². The summed E-state index contributed by atoms with van der Waals surface area (Å²) in [5.41, 5.74) is 22.7. The van der Waals surface area contributed by atoms with E-state index in [0.29, 0.717) is 37.9 Å². The topological polar surface area (TPSA) is 337 Å². The summed E-state index contributed by atoms with van der Waals surface area (Å²) >= 11 is 0. The van der Waals surface area contributed by atoms with Gasteiger partial charge in [0.25, 0.3) is 0 Å². The van der Waals surface area contributed by atoms with Crippen molar-refractivity contribution >= 4 is 53.2 Å². The van der Waals surface area contributed by atoms with Crippen LogP contribution in [0.3, 0.4) is 0 Å². The van der Waals surface area contributed by atoms with E-state index in [1.165, 1.54) is 0 Å². The first-order chi connectivity index (χ1) is 31.9. The highest BCUT2D eigenvalue weighted by molar-refractivity contribution is 5.98. The number of hydrogen-bond donors (Lipinski definition) is 11. The van der Waals surface area contributed by atoms with Crippen molar-refractivity contribution in [2.75, 3.05) is 19.6 Å². The molecule has 15 N–H and O–H groups in total. The molecule has 1 aromatic rings. The lowest BCUT2D eigenvalue weighted by atomic mass is 9.99. The van der Waals surface area contributed by atoms with E-state index in [1.807, 2.05) is 27.7 Å². The Kier molecular flexibility index (Phi) is 27.4. The quantitative estimate of drug-likeness (QED) is 0.0365. The van der Waals surface area contributed by atoms with Gasteiger partial charge < -0.3 is 60.2 Å². The van der Waals surface area contributed by atoms with Gasteiger partial charge in [-0.05, 0) is 68.9 Å². The number of primary amides is 1. The lowest BCUT2D eigenvalue weighted by molar-refractivity contribution is -0.136. The number of nitrogens with one attached hydrogen (secondary N) is 7. The fourth-order valence-corrected chi connectivity index (χ4v) is 7.64. The monoisotopic (exact) mass is 941 g/mol. The highest BCUT2D eigenvalue weighted by Crippen LogP contribution is 2.14. The number of nitrogens with two attached hydrogens (primary N) is 4. The molecule has 1 fully saturated rings. The van der Waals surface area contributed by atoms with Crippen LogP contribution in [0.2, 0.25) is 0 Å². The molecule has 20 nitrogen and oxygen atoms in total. The summed E-state index contributed by atoms with van der Waals surface area (Å²) in [7, 11) is 0. The second-order valence-electron chi connectivity index (χ2n) is 18.3. The predicted molar refractivity (Wildman–Crippen MR) is 257 cm³/mol. The van der Waals surface area contributed by atoms with Gasteiger partial charge in [0.1, 0.15) is 36.3 Å². The number of rotatable bonds is 25. The van der Waals surface area contributed by atoms with Crippen LogP contribution in [0, 0.1) is 11.8 Å². The van der Waals surface area contributed by atoms with E-state index in [2.05, 4.69) is 42.2 Å². The molecule has 0 bridgehead atoms. The number of carbonyl (C=O) groups excluding carboxylic acids is 8. The third-order valence-corrected chi connectivity index (χ3v) is 11.2. The van der Waals surface area contributed by atoms with E-state index in [0.717, 1.165) is 51.4 Å². The number of nitrogens with zero attached hydrogens (tertiary/aromatic N) is 1. The lowest BCUT2D eigenvalue weighted by Crippen LogP contribution is -2.60. The van der Waals surface area contributed by atoms with Gasteiger partial charge in [0.15, 0.2) is 5.96 Å². The standard InChI is InChI=1S/C47H80N12O8/c1-30(2)25-34-43(64)58-36(27-32-19-13-12-14-20-32)44(65)59-37(28-39(49)60)45(66)55-33(21-16-17-23-48)41(62)53-29-38(46(67)57-35(26-31(3)4)42(63)56-34)54-40(61)22-15-10-8-6-5-7-9-11-18-24-52-47(50)51/h12-14,19-20,30-31,33-38H,5-11,15-18,21-29,48H2,1-4H3,(H2,49,60)(H,53,62)(H,54,61)(H,55,66)(H,56,63)(H,57,67)(H,58,64)(H,59,65)(H4,50,51,52)/t33-,34+,35-,36-,37-,38?/m1/s1. The molecule has 1 aromatic carbocycles. The van der Waals surface area contributed by atoms with Crippen molar-refractivity contribution in [1.82, 2.24) is 37.2 Å². The molecule has 20 heteroatoms. The molecule has 0 aromatic heterocycles. The molecular formula is C47H80N12O8. The average Bonchev–Trinajstić information content (AvgIpc) is 3.26. The number of aliphatic imine (C=N–C) groups is 1. The van der Waals surface area contributed by atoms with Crippen molar-refractivity contribution in [3.8, 4) is 0 Å². The minimum atomic E-state index is -1.55. The summed E-state index contributed by atoms with van der Waals surface area (Å²) in [6.45, 7) is 7.95. The molecule has 1 saturated heterocycles. The Balaban J connectivity index is 2.45. The van der Waals surface area contributed by atoms with Crippen LogP contribution in [0.5, 0.6) is 0 Å². The van der Waals surface area contributed by atoms with Crippen LogP contribution < -0.4 is 60.2 Å². The molecule has 2 rings (SSSR count). The molecule has 8 amide bonds. The van der Waals surface area contributed by atoms with E-state index in [1.54, 1.807) is 30.3 Å². The summed E-state index contributed by atoms with van der Waals surface area (Å²) < 4.78 is 0. The molecule has 0 saturated carbocycles. The van der Waals surface area contributed by atoms with Gasteiger partial charge in [-0.3, -0.25) is 43.3 Å². The molecule has 1 aliphatic heterocycles. The smallest absolute Gasteiger partial charge is 0.245 e. The van der Waals surface area contributed by atoms with Gasteiger partial charge in [0, 0.05) is 25.9 Å². The molecule has 1 aliphatic rings. The fraction of sp³-hybridized carbons (Fsp3) is 0.681. The zero-order chi connectivity index (χ0) is 49.7. The number of guanidine groups is 1. The maximum Gasteiger partial charge on any atom is 0.245 e. The maximum atomic E-state index is 14.2. The van der Waals surface area contributed by atoms with Crippen LogP contribution in [0.15, 0.2) is 35.3 Å². The van der Waals surface area contributed by atoms with Crippen LogP contribution >= 0.6 is 0 Å². The first kappa shape index (κ1) is 57.3. The molecule has 6 atom stereocenters. The molecule has 1 unspecified atom stereocenters. The van der Waals surface area contributed by atoms with Crippen molar-refractivity contribution in [3.63, 3.8) is 0 Å². The van der Waals surface area contributed by atoms with E-state index in [-0.39, 0.29) is 49.9 Å². The molecule has 1 heterocycles. The minimum Gasteiger partial charge on any atom is -0.370 e. The third kappa shape index (κ3) is 24.5. The average molecular weight is 941 g/mol. The highest BCUT2D eigenvalue weighted by Gasteiger charge is 2.35. The van der Waals surface area contributed by atoms with Gasteiger partial charge in [-0.15, -0.1) is 0 Å². The molecule has 0 spiro atoms. The van der Waals surface area contributed by atoms with Gasteiger partial charge >= 0.3 is 0 Å². The summed E-state index contributed by atoms with van der Waals surface area (Å²) in [4.78, 5) is 114. The predicted octanol–water partition coefficient (Wildman–Crippen LogP) is 0.539. The maximum absolute atomic E-state index is 14.2. The third-order valence-electron chi connectivity index (χ3n) is 11.2. The Morgan fingerprint density at radius 1 is 0.612 bits per heavy atom. The van der Waals surface area contributed by atoms with Crippen molar-refractivity contribution in [2.24, 2.45) is 39.8 Å². The van der Waals surface area contributed by atoms with Crippen molar-refractivity contribution < 1.29 is 38.4 Å². The fourth-order valence-electron chi connectivity index (χ4n) is 7.64. The SMILES string of the molecule is CC(C)C[C@@H]1NC(=O)[C@@H](CC(C)C)NC(=O)C(NC(=O)CCCCCCCCCCCN=C(N)N)CNC(=O)[C@@H](CCCCN)NC(=O)[C@@H](CC(N)=O)NC(=O)[C@@H](Cc2ccccc2)NC1=O. The number of amides is 8. The van der Waals surface area contributed by atoms with Gasteiger partial charge in [-0.25, -0.2) is 0 Å². The van der Waals surface area contributed by atoms with Gasteiger partial charge in [-0.2, -0.15) is 0 Å². The van der Waals surface area contributed by atoms with Gasteiger partial charge in [0.2, 0.25) is 47.3 Å². The van der Waals surface area contributed by atoms with Gasteiger partial charge in [-0.1, -0.05) is 103 Å². The first-order valence-electron chi connectivity index (χ1n) is 24.1. The summed E-state index contributed by atoms with van der Waals surface area (Å²) in [5.74, 6) is -6.01. The number of hydrogen-bond acceptors (Lipinski definition) is 10. The number of unbranched alkanes of at least 4 members (excludes halogenated alkanes) is 9. The Hall–Kier alpha value is -5.79. The highest BCUT2D eigenvalue weighted by atomic mass is 16.2. The zero-order valence-corrected chi connectivity index (χ0v) is 40.2. The normalized spacial score (nSPS) is 21.4. The number of carbonyl (C=O) groups is 8. The number of benzene rings is 1. The van der Waals surface area contributed by atoms with E-state index in [4.69, 9.17) is 22.9 Å².